The van der Waals surface area contributed by atoms with Gasteiger partial charge in [-0.25, -0.2) is 0 Å². The summed E-state index contributed by atoms with van der Waals surface area (Å²) in [7, 11) is 0. The smallest absolute Gasteiger partial charge is 0.129 e. The Morgan fingerprint density at radius 2 is 2.12 bits per heavy atom. The molecule has 1 aromatic rings. The summed E-state index contributed by atoms with van der Waals surface area (Å²) in [6.45, 7) is 3.57. The van der Waals surface area contributed by atoms with Crippen molar-refractivity contribution in [1.82, 2.24) is 10.2 Å². The predicted molar refractivity (Wildman–Crippen MR) is 68.6 cm³/mol. The molecule has 1 aliphatic heterocycles. The summed E-state index contributed by atoms with van der Waals surface area (Å²) in [6.07, 6.45) is 0. The molecule has 1 atom stereocenters. The van der Waals surface area contributed by atoms with E-state index in [0.29, 0.717) is 4.47 Å². The van der Waals surface area contributed by atoms with Gasteiger partial charge < -0.3 is 10.4 Å². The third kappa shape index (κ3) is 2.78. The summed E-state index contributed by atoms with van der Waals surface area (Å²) in [5.74, 6) is 0.200. The van der Waals surface area contributed by atoms with Gasteiger partial charge in [-0.1, -0.05) is 6.07 Å². The quantitative estimate of drug-likeness (QED) is 0.871. The van der Waals surface area contributed by atoms with Gasteiger partial charge in [0.1, 0.15) is 11.8 Å². The fourth-order valence-corrected chi connectivity index (χ4v) is 2.40. The van der Waals surface area contributed by atoms with Crippen molar-refractivity contribution in [2.24, 2.45) is 0 Å². The molecule has 2 rings (SSSR count). The number of aromatic hydroxyl groups is 1. The van der Waals surface area contributed by atoms with Crippen LogP contribution in [0.4, 0.5) is 0 Å². The first kappa shape index (κ1) is 12.4. The second-order valence-electron chi connectivity index (χ2n) is 4.03. The molecule has 1 heterocycles. The lowest BCUT2D eigenvalue weighted by molar-refractivity contribution is 0.207. The number of hydrogen-bond donors (Lipinski definition) is 2. The molecule has 0 aromatic heterocycles. The first-order valence-corrected chi connectivity index (χ1v) is 6.34. The van der Waals surface area contributed by atoms with E-state index < -0.39 is 0 Å². The molecule has 0 radical (unpaired) electrons. The molecule has 0 spiro atoms. The third-order valence-electron chi connectivity index (χ3n) is 2.93. The van der Waals surface area contributed by atoms with E-state index in [1.165, 1.54) is 0 Å². The van der Waals surface area contributed by atoms with Crippen LogP contribution in [0, 0.1) is 11.3 Å². The van der Waals surface area contributed by atoms with Crippen LogP contribution in [0.1, 0.15) is 11.6 Å². The Hall–Kier alpha value is -1.09. The minimum absolute atomic E-state index is 0.200. The Bertz CT molecular complexity index is 438. The molecule has 1 fully saturated rings. The molecule has 1 unspecified atom stereocenters. The van der Waals surface area contributed by atoms with Gasteiger partial charge in [-0.15, -0.1) is 0 Å². The number of piperazine rings is 1. The molecule has 2 N–H and O–H groups in total. The summed E-state index contributed by atoms with van der Waals surface area (Å²) in [4.78, 5) is 2.15. The second-order valence-corrected chi connectivity index (χ2v) is 4.88. The average Bonchev–Trinajstić information content (AvgIpc) is 2.36. The highest BCUT2D eigenvalue weighted by molar-refractivity contribution is 9.10. The van der Waals surface area contributed by atoms with Crippen LogP contribution in [-0.4, -0.2) is 36.2 Å². The molecular formula is C12H14BrN3O. The molecule has 1 saturated heterocycles. The lowest BCUT2D eigenvalue weighted by atomic mass is 10.1. The molecule has 1 aromatic carbocycles. The first-order valence-electron chi connectivity index (χ1n) is 5.55. The number of nitrogens with zero attached hydrogens (tertiary/aromatic N) is 2. The van der Waals surface area contributed by atoms with Crippen molar-refractivity contribution >= 4 is 15.9 Å². The van der Waals surface area contributed by atoms with Crippen LogP contribution in [0.3, 0.4) is 0 Å². The molecule has 90 valence electrons. The molecule has 4 nitrogen and oxygen atoms in total. The molecule has 0 aliphatic carbocycles. The van der Waals surface area contributed by atoms with Gasteiger partial charge in [-0.2, -0.15) is 5.26 Å². The van der Waals surface area contributed by atoms with E-state index in [-0.39, 0.29) is 11.8 Å². The van der Waals surface area contributed by atoms with Gasteiger partial charge in [0, 0.05) is 26.2 Å². The van der Waals surface area contributed by atoms with Gasteiger partial charge in [0.25, 0.3) is 0 Å². The van der Waals surface area contributed by atoms with Crippen LogP contribution in [0.5, 0.6) is 5.75 Å². The van der Waals surface area contributed by atoms with Crippen LogP contribution in [0.15, 0.2) is 22.7 Å². The van der Waals surface area contributed by atoms with Crippen LogP contribution in [0.2, 0.25) is 0 Å². The summed E-state index contributed by atoms with van der Waals surface area (Å²) in [6, 6.07) is 7.32. The van der Waals surface area contributed by atoms with Crippen molar-refractivity contribution < 1.29 is 5.11 Å². The van der Waals surface area contributed by atoms with E-state index in [9.17, 15) is 10.4 Å². The van der Waals surface area contributed by atoms with Crippen molar-refractivity contribution in [2.75, 3.05) is 26.2 Å². The predicted octanol–water partition coefficient (Wildman–Crippen LogP) is 1.62. The Morgan fingerprint density at radius 3 is 2.71 bits per heavy atom. The minimum atomic E-state index is -0.242. The van der Waals surface area contributed by atoms with Crippen LogP contribution >= 0.6 is 15.9 Å². The van der Waals surface area contributed by atoms with E-state index in [2.05, 4.69) is 32.2 Å². The molecular weight excluding hydrogens is 282 g/mol. The zero-order valence-electron chi connectivity index (χ0n) is 9.36. The third-order valence-corrected chi connectivity index (χ3v) is 3.56. The second kappa shape index (κ2) is 5.50. The maximum Gasteiger partial charge on any atom is 0.129 e. The fourth-order valence-electron chi connectivity index (χ4n) is 2.00. The number of benzene rings is 1. The zero-order chi connectivity index (χ0) is 12.3. The van der Waals surface area contributed by atoms with E-state index in [1.807, 2.05) is 6.07 Å². The van der Waals surface area contributed by atoms with Gasteiger partial charge in [-0.05, 0) is 33.6 Å². The minimum Gasteiger partial charge on any atom is -0.507 e. The Kier molecular flexibility index (Phi) is 4.00. The van der Waals surface area contributed by atoms with Crippen molar-refractivity contribution in [3.8, 4) is 11.8 Å². The van der Waals surface area contributed by atoms with E-state index in [4.69, 9.17) is 0 Å². The molecule has 0 bridgehead atoms. The highest BCUT2D eigenvalue weighted by Crippen LogP contribution is 2.29. The van der Waals surface area contributed by atoms with Crippen LogP contribution in [-0.2, 0) is 0 Å². The van der Waals surface area contributed by atoms with Crippen LogP contribution < -0.4 is 5.32 Å². The lowest BCUT2D eigenvalue weighted by Crippen LogP contribution is -2.44. The molecule has 0 saturated carbocycles. The van der Waals surface area contributed by atoms with Gasteiger partial charge in [-0.3, -0.25) is 4.90 Å². The number of hydrogen-bond acceptors (Lipinski definition) is 4. The number of phenolic OH excluding ortho intramolecular Hbond substituents is 1. The average molecular weight is 296 g/mol. The monoisotopic (exact) mass is 295 g/mol. The Balaban J connectivity index is 2.22. The lowest BCUT2D eigenvalue weighted by Gasteiger charge is -2.31. The highest BCUT2D eigenvalue weighted by Gasteiger charge is 2.22. The van der Waals surface area contributed by atoms with Crippen molar-refractivity contribution in [3.05, 3.63) is 28.2 Å². The van der Waals surface area contributed by atoms with Crippen molar-refractivity contribution in [2.45, 2.75) is 6.04 Å². The topological polar surface area (TPSA) is 59.3 Å². The first-order chi connectivity index (χ1) is 8.22. The SMILES string of the molecule is N#CC(c1ccc(O)c(Br)c1)N1CCNCC1. The maximum absolute atomic E-state index is 9.46. The fraction of sp³-hybridized carbons (Fsp3) is 0.417. The van der Waals surface area contributed by atoms with E-state index >= 15 is 0 Å². The Labute approximate surface area is 109 Å². The number of halogens is 1. The zero-order valence-corrected chi connectivity index (χ0v) is 10.9. The summed E-state index contributed by atoms with van der Waals surface area (Å²) in [5.41, 5.74) is 0.916. The Morgan fingerprint density at radius 1 is 1.41 bits per heavy atom. The van der Waals surface area contributed by atoms with Gasteiger partial charge >= 0.3 is 0 Å². The number of phenols is 1. The summed E-state index contributed by atoms with van der Waals surface area (Å²) >= 11 is 3.28. The molecule has 5 heteroatoms. The highest BCUT2D eigenvalue weighted by atomic mass is 79.9. The summed E-state index contributed by atoms with van der Waals surface area (Å²) < 4.78 is 0.630. The standard InChI is InChI=1S/C12H14BrN3O/c13-10-7-9(1-2-12(10)17)11(8-14)16-5-3-15-4-6-16/h1-2,7,11,15,17H,3-6H2. The van der Waals surface area contributed by atoms with Crippen molar-refractivity contribution in [1.29, 1.82) is 5.26 Å². The molecule has 0 amide bonds. The summed E-state index contributed by atoms with van der Waals surface area (Å²) in [5, 5.41) is 22.0. The maximum atomic E-state index is 9.46. The number of nitriles is 1. The van der Waals surface area contributed by atoms with E-state index in [1.54, 1.807) is 12.1 Å². The molecule has 17 heavy (non-hydrogen) atoms. The van der Waals surface area contributed by atoms with Gasteiger partial charge in [0.2, 0.25) is 0 Å². The normalized spacial score (nSPS) is 18.6. The van der Waals surface area contributed by atoms with Crippen LogP contribution in [0.25, 0.3) is 0 Å². The van der Waals surface area contributed by atoms with E-state index in [0.717, 1.165) is 31.7 Å². The van der Waals surface area contributed by atoms with Gasteiger partial charge in [0.05, 0.1) is 10.5 Å². The number of rotatable bonds is 2. The van der Waals surface area contributed by atoms with Gasteiger partial charge in [0.15, 0.2) is 0 Å². The molecule has 1 aliphatic rings. The van der Waals surface area contributed by atoms with Crippen molar-refractivity contribution in [3.63, 3.8) is 0 Å². The number of nitrogens with one attached hydrogen (secondary N) is 1. The largest absolute Gasteiger partial charge is 0.507 e.